The van der Waals surface area contributed by atoms with Crippen LogP contribution in [0, 0.1) is 0 Å². The van der Waals surface area contributed by atoms with Crippen LogP contribution in [-0.4, -0.2) is 18.6 Å². The molecule has 2 N–H and O–H groups in total. The second-order valence-electron chi connectivity index (χ2n) is 5.66. The number of ether oxygens (including phenoxy) is 1. The van der Waals surface area contributed by atoms with Crippen LogP contribution in [0.3, 0.4) is 0 Å². The monoisotopic (exact) mass is 380 g/mol. The first-order valence-corrected chi connectivity index (χ1v) is 8.33. The molecule has 0 heterocycles. The summed E-state index contributed by atoms with van der Waals surface area (Å²) in [5.74, 6) is -0.616. The first kappa shape index (κ1) is 20.3. The van der Waals surface area contributed by atoms with E-state index in [0.29, 0.717) is 6.42 Å². The zero-order valence-corrected chi connectivity index (χ0v) is 14.6. The van der Waals surface area contributed by atoms with Crippen molar-refractivity contribution in [2.45, 2.75) is 25.9 Å². The van der Waals surface area contributed by atoms with E-state index in [4.69, 9.17) is 4.74 Å². The van der Waals surface area contributed by atoms with E-state index in [-0.39, 0.29) is 23.5 Å². The Labute approximate surface area is 154 Å². The zero-order chi connectivity index (χ0) is 19.9. The molecule has 2 aromatic rings. The summed E-state index contributed by atoms with van der Waals surface area (Å²) in [6, 6.07) is 9.83. The second kappa shape index (κ2) is 9.07. The third-order valence-electron chi connectivity index (χ3n) is 3.61. The molecule has 144 valence electrons. The summed E-state index contributed by atoms with van der Waals surface area (Å²) in [5, 5.41) is 4.55. The van der Waals surface area contributed by atoms with Crippen molar-refractivity contribution >= 4 is 23.4 Å². The number of halogens is 3. The lowest BCUT2D eigenvalue weighted by molar-refractivity contribution is -0.136. The minimum atomic E-state index is -4.61. The number of unbranched alkanes of at least 4 members (excludes halogenated alkanes) is 1. The van der Waals surface area contributed by atoms with E-state index in [0.717, 1.165) is 18.6 Å². The highest BCUT2D eigenvalue weighted by Crippen LogP contribution is 2.34. The highest BCUT2D eigenvalue weighted by atomic mass is 19.4. The molecule has 0 bridgehead atoms. The molecular weight excluding hydrogens is 361 g/mol. The molecule has 0 saturated heterocycles. The molecule has 0 aliphatic rings. The van der Waals surface area contributed by atoms with Crippen LogP contribution in [0.2, 0.25) is 0 Å². The lowest BCUT2D eigenvalue weighted by Gasteiger charge is -2.15. The van der Waals surface area contributed by atoms with Crippen molar-refractivity contribution in [1.82, 2.24) is 0 Å². The minimum absolute atomic E-state index is 0.118. The number of amides is 2. The van der Waals surface area contributed by atoms with Gasteiger partial charge in [0.25, 0.3) is 0 Å². The highest BCUT2D eigenvalue weighted by molar-refractivity contribution is 6.05. The Kier molecular flexibility index (Phi) is 6.81. The smallest absolute Gasteiger partial charge is 0.418 e. The van der Waals surface area contributed by atoms with Crippen LogP contribution in [-0.2, 0) is 10.9 Å². The third-order valence-corrected chi connectivity index (χ3v) is 3.61. The molecule has 0 fully saturated rings. The number of hydrogen-bond acceptors (Lipinski definition) is 3. The lowest BCUT2D eigenvalue weighted by Crippen LogP contribution is -2.23. The van der Waals surface area contributed by atoms with Gasteiger partial charge < -0.3 is 15.4 Å². The van der Waals surface area contributed by atoms with Crippen LogP contribution in [0.5, 0.6) is 0 Å². The van der Waals surface area contributed by atoms with E-state index in [1.165, 1.54) is 24.3 Å². The summed E-state index contributed by atoms with van der Waals surface area (Å²) in [7, 11) is 0. The van der Waals surface area contributed by atoms with E-state index >= 15 is 0 Å². The fraction of sp³-hybridized carbons (Fsp3) is 0.263. The average molecular weight is 380 g/mol. The second-order valence-corrected chi connectivity index (χ2v) is 5.66. The highest BCUT2D eigenvalue weighted by Gasteiger charge is 2.33. The van der Waals surface area contributed by atoms with E-state index in [9.17, 15) is 22.8 Å². The number of carbonyl (C=O) groups is 2. The van der Waals surface area contributed by atoms with Gasteiger partial charge in [0.05, 0.1) is 29.1 Å². The van der Waals surface area contributed by atoms with Gasteiger partial charge in [0.1, 0.15) is 0 Å². The van der Waals surface area contributed by atoms with Crippen molar-refractivity contribution in [3.05, 3.63) is 59.7 Å². The minimum Gasteiger partial charge on any atom is -0.462 e. The number of urea groups is 1. The Morgan fingerprint density at radius 3 is 2.22 bits per heavy atom. The Bertz CT molecular complexity index is 807. The number of hydrogen-bond donors (Lipinski definition) is 2. The zero-order valence-electron chi connectivity index (χ0n) is 14.6. The molecule has 0 saturated carbocycles. The number of alkyl halides is 3. The van der Waals surface area contributed by atoms with Gasteiger partial charge in [-0.1, -0.05) is 37.6 Å². The Morgan fingerprint density at radius 1 is 0.963 bits per heavy atom. The number of para-hydroxylation sites is 2. The van der Waals surface area contributed by atoms with Crippen molar-refractivity contribution in [2.24, 2.45) is 0 Å². The molecule has 27 heavy (non-hydrogen) atoms. The normalized spacial score (nSPS) is 11.0. The molecule has 0 aliphatic heterocycles. The predicted molar refractivity (Wildman–Crippen MR) is 95.7 cm³/mol. The summed E-state index contributed by atoms with van der Waals surface area (Å²) in [4.78, 5) is 24.3. The number of carbonyl (C=O) groups excluding carboxylic acids is 2. The predicted octanol–water partition coefficient (Wildman–Crippen LogP) is 5.31. The molecule has 2 amide bonds. The van der Waals surface area contributed by atoms with Gasteiger partial charge in [-0.15, -0.1) is 0 Å². The van der Waals surface area contributed by atoms with Crippen LogP contribution < -0.4 is 10.6 Å². The van der Waals surface area contributed by atoms with E-state index in [2.05, 4.69) is 10.6 Å². The van der Waals surface area contributed by atoms with Crippen molar-refractivity contribution in [2.75, 3.05) is 17.2 Å². The number of benzene rings is 2. The van der Waals surface area contributed by atoms with E-state index < -0.39 is 23.7 Å². The molecule has 8 heteroatoms. The van der Waals surface area contributed by atoms with Crippen LogP contribution >= 0.6 is 0 Å². The summed E-state index contributed by atoms with van der Waals surface area (Å²) in [6.45, 7) is 2.20. The number of nitrogens with one attached hydrogen (secondary N) is 2. The molecule has 0 spiro atoms. The molecule has 0 aliphatic carbocycles. The molecule has 0 radical (unpaired) electrons. The van der Waals surface area contributed by atoms with Gasteiger partial charge in [-0.05, 0) is 30.7 Å². The number of rotatable bonds is 6. The van der Waals surface area contributed by atoms with Gasteiger partial charge in [-0.2, -0.15) is 13.2 Å². The quantitative estimate of drug-likeness (QED) is 0.527. The maximum absolute atomic E-state index is 13.0. The summed E-state index contributed by atoms with van der Waals surface area (Å²) in [6.07, 6.45) is -3.05. The van der Waals surface area contributed by atoms with E-state index in [1.807, 2.05) is 6.92 Å². The van der Waals surface area contributed by atoms with Crippen LogP contribution in [0.25, 0.3) is 0 Å². The van der Waals surface area contributed by atoms with Gasteiger partial charge in [0.15, 0.2) is 0 Å². The Morgan fingerprint density at radius 2 is 1.56 bits per heavy atom. The molecule has 5 nitrogen and oxygen atoms in total. The van der Waals surface area contributed by atoms with Crippen LogP contribution in [0.4, 0.5) is 29.3 Å². The van der Waals surface area contributed by atoms with Gasteiger partial charge in [0.2, 0.25) is 0 Å². The standard InChI is InChI=1S/C19H19F3N2O3/c1-2-3-12-27-17(25)13-8-4-6-10-15(13)23-18(26)24-16-11-7-5-9-14(16)19(20,21)22/h4-11H,2-3,12H2,1H3,(H2,23,24,26). The SMILES string of the molecule is CCCCOC(=O)c1ccccc1NC(=O)Nc1ccccc1C(F)(F)F. The fourth-order valence-electron chi connectivity index (χ4n) is 2.27. The Hall–Kier alpha value is -3.03. The summed E-state index contributed by atoms with van der Waals surface area (Å²) < 4.78 is 44.1. The largest absolute Gasteiger partial charge is 0.462 e. The van der Waals surface area contributed by atoms with Gasteiger partial charge in [-0.3, -0.25) is 0 Å². The van der Waals surface area contributed by atoms with Gasteiger partial charge in [0, 0.05) is 0 Å². The topological polar surface area (TPSA) is 67.4 Å². The van der Waals surface area contributed by atoms with Crippen molar-refractivity contribution in [3.8, 4) is 0 Å². The summed E-state index contributed by atoms with van der Waals surface area (Å²) >= 11 is 0. The maximum atomic E-state index is 13.0. The van der Waals surface area contributed by atoms with Crippen molar-refractivity contribution < 1.29 is 27.5 Å². The van der Waals surface area contributed by atoms with Crippen LogP contribution in [0.1, 0.15) is 35.7 Å². The van der Waals surface area contributed by atoms with Crippen molar-refractivity contribution in [3.63, 3.8) is 0 Å². The molecule has 0 unspecified atom stereocenters. The maximum Gasteiger partial charge on any atom is 0.418 e. The molecule has 0 aromatic heterocycles. The van der Waals surface area contributed by atoms with Crippen molar-refractivity contribution in [1.29, 1.82) is 0 Å². The molecule has 0 atom stereocenters. The van der Waals surface area contributed by atoms with Gasteiger partial charge in [-0.25, -0.2) is 9.59 Å². The molecule has 2 rings (SSSR count). The molecular formula is C19H19F3N2O3. The third kappa shape index (κ3) is 5.73. The van der Waals surface area contributed by atoms with Crippen LogP contribution in [0.15, 0.2) is 48.5 Å². The van der Waals surface area contributed by atoms with E-state index in [1.54, 1.807) is 12.1 Å². The number of anilines is 2. The molecule has 2 aromatic carbocycles. The number of esters is 1. The van der Waals surface area contributed by atoms with Gasteiger partial charge >= 0.3 is 18.2 Å². The first-order chi connectivity index (χ1) is 12.8. The summed E-state index contributed by atoms with van der Waals surface area (Å²) in [5.41, 5.74) is -1.09. The lowest BCUT2D eigenvalue weighted by atomic mass is 10.1. The Balaban J connectivity index is 2.12. The fourth-order valence-corrected chi connectivity index (χ4v) is 2.27. The average Bonchev–Trinajstić information content (AvgIpc) is 2.61. The first-order valence-electron chi connectivity index (χ1n) is 8.33.